The number of amidine groups is 1. The molecule has 0 aromatic carbocycles. The number of oxime groups is 1. The molecule has 0 amide bonds. The van der Waals surface area contributed by atoms with E-state index in [-0.39, 0.29) is 11.9 Å². The average Bonchev–Trinajstić information content (AvgIpc) is 2.04. The lowest BCUT2D eigenvalue weighted by atomic mass is 10.4. The normalized spacial score (nSPS) is 14.7. The Morgan fingerprint density at radius 1 is 1.67 bits per heavy atom. The van der Waals surface area contributed by atoms with E-state index in [1.54, 1.807) is 7.11 Å². The van der Waals surface area contributed by atoms with Gasteiger partial charge in [0.2, 0.25) is 0 Å². The van der Waals surface area contributed by atoms with Crippen LogP contribution in [0.15, 0.2) is 5.16 Å². The molecule has 72 valence electrons. The van der Waals surface area contributed by atoms with Crippen molar-refractivity contribution >= 4 is 5.84 Å². The molecular formula is C7H16N2O3. The van der Waals surface area contributed by atoms with Crippen molar-refractivity contribution in [3.63, 3.8) is 0 Å². The molecule has 12 heavy (non-hydrogen) atoms. The molecule has 0 saturated carbocycles. The topological polar surface area (TPSA) is 77.1 Å². The predicted octanol–water partition coefficient (Wildman–Crippen LogP) is 0.174. The molecule has 0 saturated heterocycles. The number of methoxy groups -OCH3 is 1. The molecule has 0 rings (SSSR count). The Labute approximate surface area is 72.1 Å². The largest absolute Gasteiger partial charge is 0.409 e. The molecule has 0 aromatic heterocycles. The van der Waals surface area contributed by atoms with Crippen molar-refractivity contribution in [1.29, 1.82) is 0 Å². The second kappa shape index (κ2) is 6.87. The Hall–Kier alpha value is -0.810. The molecule has 0 aromatic rings. The molecule has 0 bridgehead atoms. The zero-order valence-corrected chi connectivity index (χ0v) is 7.49. The summed E-state index contributed by atoms with van der Waals surface area (Å²) in [4.78, 5) is 0. The van der Waals surface area contributed by atoms with Gasteiger partial charge in [0.25, 0.3) is 0 Å². The van der Waals surface area contributed by atoms with Crippen LogP contribution in [0.25, 0.3) is 0 Å². The molecule has 0 spiro atoms. The maximum atomic E-state index is 8.19. The second-order valence-corrected chi connectivity index (χ2v) is 2.48. The van der Waals surface area contributed by atoms with Crippen LogP contribution >= 0.6 is 0 Å². The Balaban J connectivity index is 3.30. The summed E-state index contributed by atoms with van der Waals surface area (Å²) in [6.45, 7) is 2.90. The predicted molar refractivity (Wildman–Crippen MR) is 45.3 cm³/mol. The maximum absolute atomic E-state index is 8.19. The van der Waals surface area contributed by atoms with Gasteiger partial charge in [-0.2, -0.15) is 0 Å². The van der Waals surface area contributed by atoms with E-state index in [9.17, 15) is 0 Å². The molecule has 5 nitrogen and oxygen atoms in total. The summed E-state index contributed by atoms with van der Waals surface area (Å²) in [5, 5.41) is 11.0. The summed E-state index contributed by atoms with van der Waals surface area (Å²) in [6.07, 6.45) is 0.478. The van der Waals surface area contributed by atoms with Gasteiger partial charge in [0, 0.05) is 13.5 Å². The summed E-state index contributed by atoms with van der Waals surface area (Å²) in [6, 6.07) is 0. The summed E-state index contributed by atoms with van der Waals surface area (Å²) in [5.41, 5.74) is 5.22. The molecule has 0 aliphatic carbocycles. The number of hydrogen-bond donors (Lipinski definition) is 2. The van der Waals surface area contributed by atoms with E-state index in [1.165, 1.54) is 0 Å². The van der Waals surface area contributed by atoms with E-state index in [0.29, 0.717) is 19.6 Å². The minimum atomic E-state index is 0.0430. The maximum Gasteiger partial charge on any atom is 0.141 e. The van der Waals surface area contributed by atoms with Gasteiger partial charge in [-0.15, -0.1) is 0 Å². The van der Waals surface area contributed by atoms with Crippen molar-refractivity contribution in [2.24, 2.45) is 10.9 Å². The Kier molecular flexibility index (Phi) is 6.41. The molecule has 1 unspecified atom stereocenters. The summed E-state index contributed by atoms with van der Waals surface area (Å²) < 4.78 is 10.1. The monoisotopic (exact) mass is 176 g/mol. The molecule has 0 heterocycles. The van der Waals surface area contributed by atoms with E-state index in [0.717, 1.165) is 0 Å². The molecule has 0 fully saturated rings. The van der Waals surface area contributed by atoms with Crippen molar-refractivity contribution in [2.75, 3.05) is 20.3 Å². The van der Waals surface area contributed by atoms with Crippen LogP contribution in [-0.2, 0) is 9.47 Å². The average molecular weight is 176 g/mol. The first kappa shape index (κ1) is 11.2. The molecule has 3 N–H and O–H groups in total. The fourth-order valence-electron chi connectivity index (χ4n) is 0.697. The van der Waals surface area contributed by atoms with Crippen molar-refractivity contribution in [1.82, 2.24) is 0 Å². The van der Waals surface area contributed by atoms with Crippen molar-refractivity contribution in [3.05, 3.63) is 0 Å². The number of nitrogens with zero attached hydrogens (tertiary/aromatic N) is 1. The summed E-state index contributed by atoms with van der Waals surface area (Å²) in [7, 11) is 1.61. The standard InChI is InChI=1S/C7H16N2O3/c1-6(5-11-2)12-4-3-7(8)9-10/h6,10H,3-5H2,1-2H3,(H2,8,9). The van der Waals surface area contributed by atoms with Crippen molar-refractivity contribution in [2.45, 2.75) is 19.4 Å². The van der Waals surface area contributed by atoms with Gasteiger partial charge >= 0.3 is 0 Å². The second-order valence-electron chi connectivity index (χ2n) is 2.48. The SMILES string of the molecule is COCC(C)OCCC(N)=NO. The van der Waals surface area contributed by atoms with E-state index in [2.05, 4.69) is 5.16 Å². The molecule has 0 aliphatic rings. The number of nitrogens with two attached hydrogens (primary N) is 1. The van der Waals surface area contributed by atoms with Crippen molar-refractivity contribution < 1.29 is 14.7 Å². The van der Waals surface area contributed by atoms with Crippen molar-refractivity contribution in [3.8, 4) is 0 Å². The van der Waals surface area contributed by atoms with Gasteiger partial charge in [0.15, 0.2) is 0 Å². The van der Waals surface area contributed by atoms with Crippen LogP contribution in [0.5, 0.6) is 0 Å². The summed E-state index contributed by atoms with van der Waals surface area (Å²) in [5.74, 6) is 0.180. The Morgan fingerprint density at radius 2 is 2.33 bits per heavy atom. The minimum absolute atomic E-state index is 0.0430. The highest BCUT2D eigenvalue weighted by Crippen LogP contribution is 1.92. The number of ether oxygens (including phenoxy) is 2. The van der Waals surface area contributed by atoms with Crippen LogP contribution < -0.4 is 5.73 Å². The third kappa shape index (κ3) is 5.94. The lowest BCUT2D eigenvalue weighted by Crippen LogP contribution is -2.19. The Morgan fingerprint density at radius 3 is 2.83 bits per heavy atom. The molecule has 1 atom stereocenters. The van der Waals surface area contributed by atoms with Crippen LogP contribution in [0.4, 0.5) is 0 Å². The fraction of sp³-hybridized carbons (Fsp3) is 0.857. The van der Waals surface area contributed by atoms with Crippen LogP contribution in [0.2, 0.25) is 0 Å². The minimum Gasteiger partial charge on any atom is -0.409 e. The number of rotatable bonds is 6. The van der Waals surface area contributed by atoms with E-state index < -0.39 is 0 Å². The molecule has 0 aliphatic heterocycles. The zero-order valence-electron chi connectivity index (χ0n) is 7.49. The number of hydrogen-bond acceptors (Lipinski definition) is 4. The first-order valence-corrected chi connectivity index (χ1v) is 3.77. The van der Waals surface area contributed by atoms with Gasteiger partial charge in [0.05, 0.1) is 19.3 Å². The smallest absolute Gasteiger partial charge is 0.141 e. The van der Waals surface area contributed by atoms with Gasteiger partial charge in [-0.1, -0.05) is 5.16 Å². The third-order valence-electron chi connectivity index (χ3n) is 1.29. The third-order valence-corrected chi connectivity index (χ3v) is 1.29. The van der Waals surface area contributed by atoms with Crippen LogP contribution in [0.1, 0.15) is 13.3 Å². The van der Waals surface area contributed by atoms with E-state index >= 15 is 0 Å². The lowest BCUT2D eigenvalue weighted by Gasteiger charge is -2.10. The van der Waals surface area contributed by atoms with Crippen LogP contribution in [0, 0.1) is 0 Å². The Bertz CT molecular complexity index is 139. The van der Waals surface area contributed by atoms with Gasteiger partial charge in [0.1, 0.15) is 5.84 Å². The van der Waals surface area contributed by atoms with Gasteiger partial charge in [-0.3, -0.25) is 0 Å². The van der Waals surface area contributed by atoms with Gasteiger partial charge in [-0.05, 0) is 6.92 Å². The zero-order chi connectivity index (χ0) is 9.40. The first-order valence-electron chi connectivity index (χ1n) is 3.77. The van der Waals surface area contributed by atoms with Crippen LogP contribution in [0.3, 0.4) is 0 Å². The van der Waals surface area contributed by atoms with Crippen LogP contribution in [-0.4, -0.2) is 37.5 Å². The van der Waals surface area contributed by atoms with Gasteiger partial charge in [-0.25, -0.2) is 0 Å². The molecular weight excluding hydrogens is 160 g/mol. The molecule has 5 heteroatoms. The fourth-order valence-corrected chi connectivity index (χ4v) is 0.697. The summed E-state index contributed by atoms with van der Waals surface area (Å²) >= 11 is 0. The van der Waals surface area contributed by atoms with E-state index in [1.807, 2.05) is 6.92 Å². The molecule has 0 radical (unpaired) electrons. The van der Waals surface area contributed by atoms with Gasteiger partial charge < -0.3 is 20.4 Å². The lowest BCUT2D eigenvalue weighted by molar-refractivity contribution is 0.0122. The first-order chi connectivity index (χ1) is 5.70. The highest BCUT2D eigenvalue weighted by atomic mass is 16.5. The highest BCUT2D eigenvalue weighted by molar-refractivity contribution is 5.79. The van der Waals surface area contributed by atoms with E-state index in [4.69, 9.17) is 20.4 Å². The quantitative estimate of drug-likeness (QED) is 0.262. The highest BCUT2D eigenvalue weighted by Gasteiger charge is 2.01.